The van der Waals surface area contributed by atoms with E-state index in [2.05, 4.69) is 60.8 Å². The second-order valence-corrected chi connectivity index (χ2v) is 7.66. The minimum atomic E-state index is 0.0172. The van der Waals surface area contributed by atoms with Crippen LogP contribution >= 0.6 is 0 Å². The van der Waals surface area contributed by atoms with Gasteiger partial charge in [-0.1, -0.05) is 54.6 Å². The third-order valence-corrected chi connectivity index (χ3v) is 5.43. The van der Waals surface area contributed by atoms with E-state index in [1.54, 1.807) is 14.0 Å². The molecule has 3 aromatic rings. The van der Waals surface area contributed by atoms with Gasteiger partial charge in [0.05, 0.1) is 7.11 Å². The fourth-order valence-electron chi connectivity index (χ4n) is 3.66. The summed E-state index contributed by atoms with van der Waals surface area (Å²) in [7, 11) is 1.69. The van der Waals surface area contributed by atoms with E-state index in [4.69, 9.17) is 9.47 Å². The highest BCUT2D eigenvalue weighted by Gasteiger charge is 2.09. The molecule has 0 saturated heterocycles. The highest BCUT2D eigenvalue weighted by atomic mass is 16.5. The van der Waals surface area contributed by atoms with E-state index in [0.29, 0.717) is 13.2 Å². The normalized spacial score (nSPS) is 10.5. The number of nitrogens with one attached hydrogen (secondary N) is 1. The number of methoxy groups -OCH3 is 1. The van der Waals surface area contributed by atoms with Gasteiger partial charge in [-0.05, 0) is 60.1 Å². The largest absolute Gasteiger partial charge is 0.496 e. The van der Waals surface area contributed by atoms with Gasteiger partial charge < -0.3 is 14.8 Å². The van der Waals surface area contributed by atoms with Crippen LogP contribution in [0.15, 0.2) is 66.7 Å². The topological polar surface area (TPSA) is 47.6 Å². The first kappa shape index (κ1) is 22.4. The fourth-order valence-corrected chi connectivity index (χ4v) is 3.66. The van der Waals surface area contributed by atoms with Gasteiger partial charge in [0.15, 0.2) is 0 Å². The summed E-state index contributed by atoms with van der Waals surface area (Å²) in [5.74, 6) is 1.65. The molecule has 4 heteroatoms. The van der Waals surface area contributed by atoms with Gasteiger partial charge in [-0.25, -0.2) is 0 Å². The maximum Gasteiger partial charge on any atom is 0.216 e. The lowest BCUT2D eigenvalue weighted by Crippen LogP contribution is -2.20. The van der Waals surface area contributed by atoms with Crippen LogP contribution in [0.4, 0.5) is 0 Å². The molecular formula is C27H31NO3. The monoisotopic (exact) mass is 417 g/mol. The average Bonchev–Trinajstić information content (AvgIpc) is 2.79. The quantitative estimate of drug-likeness (QED) is 0.430. The molecule has 0 aromatic heterocycles. The van der Waals surface area contributed by atoms with Crippen molar-refractivity contribution in [2.24, 2.45) is 0 Å². The van der Waals surface area contributed by atoms with E-state index in [0.717, 1.165) is 36.3 Å². The Balaban J connectivity index is 1.62. The molecule has 162 valence electrons. The summed E-state index contributed by atoms with van der Waals surface area (Å²) in [5.41, 5.74) is 6.00. The fraction of sp³-hybridized carbons (Fsp3) is 0.296. The van der Waals surface area contributed by atoms with Gasteiger partial charge in [-0.3, -0.25) is 4.79 Å². The Hall–Kier alpha value is -3.27. The molecule has 0 atom stereocenters. The summed E-state index contributed by atoms with van der Waals surface area (Å²) in [5, 5.41) is 2.83. The van der Waals surface area contributed by atoms with Crippen molar-refractivity contribution in [3.05, 3.63) is 83.4 Å². The number of hydrogen-bond donors (Lipinski definition) is 1. The van der Waals surface area contributed by atoms with Crippen molar-refractivity contribution in [3.63, 3.8) is 0 Å². The smallest absolute Gasteiger partial charge is 0.216 e. The third kappa shape index (κ3) is 6.35. The van der Waals surface area contributed by atoms with E-state index in [9.17, 15) is 4.79 Å². The Bertz CT molecular complexity index is 999. The van der Waals surface area contributed by atoms with Crippen LogP contribution in [-0.2, 0) is 17.8 Å². The number of benzene rings is 3. The molecule has 0 aliphatic heterocycles. The molecule has 0 aliphatic rings. The molecule has 0 bridgehead atoms. The van der Waals surface area contributed by atoms with Crippen molar-refractivity contribution >= 4 is 5.91 Å². The highest BCUT2D eigenvalue weighted by molar-refractivity contribution is 5.72. The molecule has 1 amide bonds. The van der Waals surface area contributed by atoms with Gasteiger partial charge in [0, 0.05) is 19.5 Å². The van der Waals surface area contributed by atoms with Crippen molar-refractivity contribution in [1.82, 2.24) is 5.32 Å². The number of rotatable bonds is 10. The predicted molar refractivity (Wildman–Crippen MR) is 126 cm³/mol. The number of hydrogen-bond acceptors (Lipinski definition) is 3. The first-order chi connectivity index (χ1) is 15.1. The standard InChI is InChI=1S/C27H31NO3/c1-20-24(13-9-14-26(20)22-10-5-4-6-11-22)19-31-25-16-15-23(27(18-25)30-3)12-7-8-17-28-21(2)29/h4-6,9-11,13-16,18H,7-8,12,17,19H2,1-3H3,(H,28,29). The molecular weight excluding hydrogens is 386 g/mol. The molecule has 0 unspecified atom stereocenters. The Kier molecular flexibility index (Phi) is 8.11. The van der Waals surface area contributed by atoms with Crippen LogP contribution in [0.25, 0.3) is 11.1 Å². The Morgan fingerprint density at radius 1 is 0.935 bits per heavy atom. The van der Waals surface area contributed by atoms with Gasteiger partial charge in [0.2, 0.25) is 5.91 Å². The second-order valence-electron chi connectivity index (χ2n) is 7.66. The van der Waals surface area contributed by atoms with Gasteiger partial charge in [0.25, 0.3) is 0 Å². The number of carbonyl (C=O) groups excluding carboxylic acids is 1. The second kappa shape index (κ2) is 11.2. The van der Waals surface area contributed by atoms with E-state index in [1.165, 1.54) is 22.3 Å². The molecule has 3 rings (SSSR count). The summed E-state index contributed by atoms with van der Waals surface area (Å²) in [4.78, 5) is 10.9. The minimum absolute atomic E-state index is 0.0172. The number of ether oxygens (including phenoxy) is 2. The lowest BCUT2D eigenvalue weighted by molar-refractivity contribution is -0.118. The van der Waals surface area contributed by atoms with Crippen LogP contribution in [0.2, 0.25) is 0 Å². The molecule has 0 spiro atoms. The molecule has 0 radical (unpaired) electrons. The Morgan fingerprint density at radius 3 is 2.48 bits per heavy atom. The van der Waals surface area contributed by atoms with Crippen LogP contribution in [0.5, 0.6) is 11.5 Å². The summed E-state index contributed by atoms with van der Waals surface area (Å²) >= 11 is 0. The van der Waals surface area contributed by atoms with Crippen molar-refractivity contribution in [3.8, 4) is 22.6 Å². The third-order valence-electron chi connectivity index (χ3n) is 5.43. The molecule has 0 fully saturated rings. The summed E-state index contributed by atoms with van der Waals surface area (Å²) in [6, 6.07) is 22.8. The van der Waals surface area contributed by atoms with Gasteiger partial charge in [-0.15, -0.1) is 0 Å². The number of unbranched alkanes of at least 4 members (excludes halogenated alkanes) is 1. The van der Waals surface area contributed by atoms with Crippen LogP contribution in [-0.4, -0.2) is 19.6 Å². The van der Waals surface area contributed by atoms with E-state index in [1.807, 2.05) is 18.2 Å². The molecule has 3 aromatic carbocycles. The van der Waals surface area contributed by atoms with Gasteiger partial charge >= 0.3 is 0 Å². The molecule has 0 heterocycles. The van der Waals surface area contributed by atoms with Crippen LogP contribution in [0, 0.1) is 6.92 Å². The van der Waals surface area contributed by atoms with Gasteiger partial charge in [0.1, 0.15) is 18.1 Å². The molecule has 0 aliphatic carbocycles. The molecule has 1 N–H and O–H groups in total. The molecule has 4 nitrogen and oxygen atoms in total. The maximum absolute atomic E-state index is 10.9. The maximum atomic E-state index is 10.9. The summed E-state index contributed by atoms with van der Waals surface area (Å²) < 4.78 is 11.7. The van der Waals surface area contributed by atoms with Crippen molar-refractivity contribution in [2.75, 3.05) is 13.7 Å². The lowest BCUT2D eigenvalue weighted by Gasteiger charge is -2.14. The molecule has 31 heavy (non-hydrogen) atoms. The minimum Gasteiger partial charge on any atom is -0.496 e. The Morgan fingerprint density at radius 2 is 1.74 bits per heavy atom. The zero-order valence-electron chi connectivity index (χ0n) is 18.6. The van der Waals surface area contributed by atoms with E-state index < -0.39 is 0 Å². The highest BCUT2D eigenvalue weighted by Crippen LogP contribution is 2.29. The van der Waals surface area contributed by atoms with Crippen LogP contribution < -0.4 is 14.8 Å². The van der Waals surface area contributed by atoms with E-state index >= 15 is 0 Å². The zero-order chi connectivity index (χ0) is 22.1. The average molecular weight is 418 g/mol. The SMILES string of the molecule is COc1cc(OCc2cccc(-c3ccccc3)c2C)ccc1CCCCNC(C)=O. The van der Waals surface area contributed by atoms with Crippen LogP contribution in [0.1, 0.15) is 36.5 Å². The summed E-state index contributed by atoms with van der Waals surface area (Å²) in [6.07, 6.45) is 2.83. The zero-order valence-corrected chi connectivity index (χ0v) is 18.6. The number of aryl methyl sites for hydroxylation is 1. The Labute approximate surface area is 185 Å². The summed E-state index contributed by atoms with van der Waals surface area (Å²) in [6.45, 7) is 4.90. The number of carbonyl (C=O) groups is 1. The number of amides is 1. The lowest BCUT2D eigenvalue weighted by atomic mass is 9.97. The van der Waals surface area contributed by atoms with Crippen molar-refractivity contribution < 1.29 is 14.3 Å². The first-order valence-corrected chi connectivity index (χ1v) is 10.8. The van der Waals surface area contributed by atoms with Crippen LogP contribution in [0.3, 0.4) is 0 Å². The molecule has 0 saturated carbocycles. The van der Waals surface area contributed by atoms with Gasteiger partial charge in [-0.2, -0.15) is 0 Å². The first-order valence-electron chi connectivity index (χ1n) is 10.8. The van der Waals surface area contributed by atoms with Crippen molar-refractivity contribution in [1.29, 1.82) is 0 Å². The predicted octanol–water partition coefficient (Wildman–Crippen LogP) is 5.71. The van der Waals surface area contributed by atoms with E-state index in [-0.39, 0.29) is 5.91 Å². The van der Waals surface area contributed by atoms with Crippen molar-refractivity contribution in [2.45, 2.75) is 39.7 Å².